The number of carbonyl (C=O) groups is 3. The molecule has 0 saturated heterocycles. The normalized spacial score (nSPS) is 48.9. The Hall–Kier alpha value is -0.990. The van der Waals surface area contributed by atoms with Crippen LogP contribution in [0.5, 0.6) is 0 Å². The molecule has 0 spiro atoms. The van der Waals surface area contributed by atoms with Gasteiger partial charge in [0.25, 0.3) is 0 Å². The highest BCUT2D eigenvalue weighted by Crippen LogP contribution is 2.75. The summed E-state index contributed by atoms with van der Waals surface area (Å²) in [6, 6.07) is 0. The molecule has 8 unspecified atom stereocenters. The van der Waals surface area contributed by atoms with Crippen LogP contribution in [0.3, 0.4) is 0 Å². The molecule has 4 saturated carbocycles. The maximum Gasteiger partial charge on any atom is 0.138 e. The van der Waals surface area contributed by atoms with Gasteiger partial charge in [-0.25, -0.2) is 0 Å². The van der Waals surface area contributed by atoms with Gasteiger partial charge in [0.05, 0.1) is 0 Å². The van der Waals surface area contributed by atoms with Crippen molar-refractivity contribution in [2.45, 2.75) is 120 Å². The first-order chi connectivity index (χ1) is 15.1. The molecule has 0 heterocycles. The molecule has 4 aliphatic carbocycles. The van der Waals surface area contributed by atoms with Crippen LogP contribution in [0.15, 0.2) is 0 Å². The molecule has 4 aliphatic rings. The van der Waals surface area contributed by atoms with Crippen LogP contribution in [0, 0.1) is 50.7 Å². The zero-order valence-corrected chi connectivity index (χ0v) is 22.6. The first-order valence-corrected chi connectivity index (χ1v) is 13.7. The lowest BCUT2D eigenvalue weighted by atomic mass is 9.32. The molecule has 8 atom stereocenters. The van der Waals surface area contributed by atoms with Crippen molar-refractivity contribution in [2.75, 3.05) is 0 Å². The van der Waals surface area contributed by atoms with Gasteiger partial charge in [-0.1, -0.05) is 41.5 Å². The molecule has 0 amide bonds. The number of Topliss-reactive ketones (excluding diaryl/α,β-unsaturated/α-hetero) is 3. The standard InChI is InChI=1S/C30H48O3/c1-19(31)11-14-27(5)17-18-29(7)21(25(27)20(2)32)9-10-23-28(6)15-13-24(33)26(3,4)22(28)12-16-30(23,29)8/h21-23,25H,9-18H2,1-8H3. The highest BCUT2D eigenvalue weighted by molar-refractivity contribution is 5.85. The third-order valence-electron chi connectivity index (χ3n) is 12.5. The highest BCUT2D eigenvalue weighted by Gasteiger charge is 2.69. The van der Waals surface area contributed by atoms with Crippen molar-refractivity contribution in [3.63, 3.8) is 0 Å². The smallest absolute Gasteiger partial charge is 0.138 e. The summed E-state index contributed by atoms with van der Waals surface area (Å²) in [5, 5.41) is 0. The van der Waals surface area contributed by atoms with Gasteiger partial charge in [-0.3, -0.25) is 9.59 Å². The summed E-state index contributed by atoms with van der Waals surface area (Å²) >= 11 is 0. The number of hydrogen-bond acceptors (Lipinski definition) is 3. The van der Waals surface area contributed by atoms with Gasteiger partial charge in [-0.05, 0) is 105 Å². The van der Waals surface area contributed by atoms with Gasteiger partial charge in [0.1, 0.15) is 17.3 Å². The highest BCUT2D eigenvalue weighted by atomic mass is 16.1. The number of ketones is 3. The van der Waals surface area contributed by atoms with Crippen molar-refractivity contribution in [1.82, 2.24) is 0 Å². The second-order valence-electron chi connectivity index (χ2n) is 14.3. The molecule has 0 bridgehead atoms. The SMILES string of the molecule is CC(=O)CCC1(C)CCC2(C)C(CCC3C4(C)CCC(=O)C(C)(C)C4CCC32C)C1C(C)=O. The van der Waals surface area contributed by atoms with Gasteiger partial charge >= 0.3 is 0 Å². The van der Waals surface area contributed by atoms with E-state index in [2.05, 4.69) is 41.5 Å². The minimum Gasteiger partial charge on any atom is -0.300 e. The maximum atomic E-state index is 13.2. The van der Waals surface area contributed by atoms with Gasteiger partial charge in [0.2, 0.25) is 0 Å². The van der Waals surface area contributed by atoms with E-state index in [0.29, 0.717) is 35.7 Å². The maximum absolute atomic E-state index is 13.2. The first kappa shape index (κ1) is 25.1. The second-order valence-corrected chi connectivity index (χ2v) is 14.3. The van der Waals surface area contributed by atoms with E-state index in [9.17, 15) is 14.4 Å². The molecule has 33 heavy (non-hydrogen) atoms. The van der Waals surface area contributed by atoms with Crippen molar-refractivity contribution in [3.05, 3.63) is 0 Å². The Morgan fingerprint density at radius 2 is 1.48 bits per heavy atom. The van der Waals surface area contributed by atoms with E-state index in [1.165, 1.54) is 12.8 Å². The minimum absolute atomic E-state index is 0.0586. The van der Waals surface area contributed by atoms with Crippen molar-refractivity contribution < 1.29 is 14.4 Å². The van der Waals surface area contributed by atoms with Crippen LogP contribution in [0.25, 0.3) is 0 Å². The van der Waals surface area contributed by atoms with Gasteiger partial charge < -0.3 is 4.79 Å². The van der Waals surface area contributed by atoms with Crippen molar-refractivity contribution in [3.8, 4) is 0 Å². The average Bonchev–Trinajstić information content (AvgIpc) is 2.71. The van der Waals surface area contributed by atoms with Crippen molar-refractivity contribution in [1.29, 1.82) is 0 Å². The van der Waals surface area contributed by atoms with Gasteiger partial charge in [0, 0.05) is 24.2 Å². The van der Waals surface area contributed by atoms with E-state index >= 15 is 0 Å². The summed E-state index contributed by atoms with van der Waals surface area (Å²) in [5.74, 6) is 2.59. The summed E-state index contributed by atoms with van der Waals surface area (Å²) in [4.78, 5) is 37.9. The molecule has 3 heteroatoms. The van der Waals surface area contributed by atoms with Gasteiger partial charge in [-0.15, -0.1) is 0 Å². The Morgan fingerprint density at radius 3 is 2.09 bits per heavy atom. The van der Waals surface area contributed by atoms with Gasteiger partial charge in [-0.2, -0.15) is 0 Å². The third-order valence-corrected chi connectivity index (χ3v) is 12.5. The van der Waals surface area contributed by atoms with Crippen molar-refractivity contribution >= 4 is 17.3 Å². The van der Waals surface area contributed by atoms with Crippen LogP contribution in [0.1, 0.15) is 120 Å². The zero-order valence-electron chi connectivity index (χ0n) is 22.6. The molecule has 0 radical (unpaired) electrons. The predicted molar refractivity (Wildman–Crippen MR) is 133 cm³/mol. The Kier molecular flexibility index (Phi) is 5.90. The lowest BCUT2D eigenvalue weighted by molar-refractivity contribution is -0.232. The number of hydrogen-bond donors (Lipinski definition) is 0. The number of rotatable bonds is 4. The van der Waals surface area contributed by atoms with Crippen LogP contribution < -0.4 is 0 Å². The molecule has 3 nitrogen and oxygen atoms in total. The molecular formula is C30H48O3. The molecule has 0 N–H and O–H groups in total. The summed E-state index contributed by atoms with van der Waals surface area (Å²) < 4.78 is 0. The van der Waals surface area contributed by atoms with E-state index in [4.69, 9.17) is 0 Å². The second kappa shape index (κ2) is 7.76. The lowest BCUT2D eigenvalue weighted by Gasteiger charge is -2.72. The molecule has 4 rings (SSSR count). The predicted octanol–water partition coefficient (Wildman–Crippen LogP) is 7.21. The fraction of sp³-hybridized carbons (Fsp3) is 0.900. The van der Waals surface area contributed by atoms with E-state index in [1.807, 2.05) is 6.92 Å². The third kappa shape index (κ3) is 3.37. The van der Waals surface area contributed by atoms with E-state index in [1.54, 1.807) is 6.92 Å². The molecule has 0 aliphatic heterocycles. The summed E-state index contributed by atoms with van der Waals surface area (Å²) in [6.07, 6.45) is 10.0. The quantitative estimate of drug-likeness (QED) is 0.449. The zero-order chi connectivity index (χ0) is 24.6. The number of fused-ring (bicyclic) bond motifs is 5. The molecule has 0 aromatic carbocycles. The summed E-state index contributed by atoms with van der Waals surface area (Å²) in [6.45, 7) is 17.8. The summed E-state index contributed by atoms with van der Waals surface area (Å²) in [5.41, 5.74) is 0.269. The van der Waals surface area contributed by atoms with Crippen LogP contribution in [-0.4, -0.2) is 17.3 Å². The largest absolute Gasteiger partial charge is 0.300 e. The Balaban J connectivity index is 1.72. The fourth-order valence-electron chi connectivity index (χ4n) is 10.5. The molecule has 4 fully saturated rings. The molecule has 186 valence electrons. The Morgan fingerprint density at radius 1 is 0.818 bits per heavy atom. The van der Waals surface area contributed by atoms with Crippen LogP contribution in [0.4, 0.5) is 0 Å². The van der Waals surface area contributed by atoms with Crippen LogP contribution >= 0.6 is 0 Å². The van der Waals surface area contributed by atoms with Gasteiger partial charge in [0.15, 0.2) is 0 Å². The molecule has 0 aromatic heterocycles. The fourth-order valence-corrected chi connectivity index (χ4v) is 10.5. The lowest BCUT2D eigenvalue weighted by Crippen LogP contribution is -2.66. The van der Waals surface area contributed by atoms with Crippen molar-refractivity contribution in [2.24, 2.45) is 50.7 Å². The summed E-state index contributed by atoms with van der Waals surface area (Å²) in [7, 11) is 0. The van der Waals surface area contributed by atoms with E-state index < -0.39 is 0 Å². The monoisotopic (exact) mass is 456 g/mol. The molecular weight excluding hydrogens is 408 g/mol. The molecule has 0 aromatic rings. The first-order valence-electron chi connectivity index (χ1n) is 13.7. The average molecular weight is 457 g/mol. The topological polar surface area (TPSA) is 51.2 Å². The Bertz CT molecular complexity index is 857. The van der Waals surface area contributed by atoms with Crippen LogP contribution in [-0.2, 0) is 14.4 Å². The van der Waals surface area contributed by atoms with E-state index in [-0.39, 0.29) is 38.8 Å². The Labute approximate surface area is 202 Å². The van der Waals surface area contributed by atoms with E-state index in [0.717, 1.165) is 44.9 Å². The number of carbonyl (C=O) groups excluding carboxylic acids is 3. The van der Waals surface area contributed by atoms with Crippen LogP contribution in [0.2, 0.25) is 0 Å². The minimum atomic E-state index is -0.216.